The minimum atomic E-state index is -0.730. The van der Waals surface area contributed by atoms with Crippen LogP contribution in [0.1, 0.15) is 15.9 Å². The van der Waals surface area contributed by atoms with Gasteiger partial charge in [0.15, 0.2) is 5.82 Å². The highest BCUT2D eigenvalue weighted by atomic mass is 32.1. The molecule has 9 nitrogen and oxygen atoms in total. The highest BCUT2D eigenvalue weighted by Gasteiger charge is 2.22. The van der Waals surface area contributed by atoms with E-state index in [0.717, 1.165) is 21.5 Å². The fraction of sp³-hybridized carbons (Fsp3) is 0.136. The predicted molar refractivity (Wildman–Crippen MR) is 123 cm³/mol. The molecule has 1 aliphatic rings. The van der Waals surface area contributed by atoms with Crippen molar-refractivity contribution in [3.8, 4) is 11.3 Å². The molecule has 0 saturated heterocycles. The number of carbonyl (C=O) groups excluding carboxylic acids is 1. The van der Waals surface area contributed by atoms with E-state index in [4.69, 9.17) is 14.9 Å². The largest absolute Gasteiger partial charge is 0.394 e. The molecule has 33 heavy (non-hydrogen) atoms. The van der Waals surface area contributed by atoms with Crippen molar-refractivity contribution in [1.29, 1.82) is 0 Å². The van der Waals surface area contributed by atoms with Crippen LogP contribution in [0.3, 0.4) is 0 Å². The minimum absolute atomic E-state index is 0.0822. The van der Waals surface area contributed by atoms with Gasteiger partial charge in [-0.2, -0.15) is 0 Å². The molecule has 1 aliphatic heterocycles. The van der Waals surface area contributed by atoms with Gasteiger partial charge in [-0.3, -0.25) is 14.6 Å². The van der Waals surface area contributed by atoms with E-state index in [-0.39, 0.29) is 18.8 Å². The average molecular weight is 466 g/mol. The van der Waals surface area contributed by atoms with Crippen molar-refractivity contribution in [2.45, 2.75) is 6.54 Å². The van der Waals surface area contributed by atoms with Gasteiger partial charge < -0.3 is 10.5 Å². The number of nitrogens with zero attached hydrogens (tertiary/aromatic N) is 3. The molecule has 0 aliphatic carbocycles. The molecule has 168 valence electrons. The number of hydrogen-bond acceptors (Lipinski definition) is 9. The summed E-state index contributed by atoms with van der Waals surface area (Å²) in [7, 11) is 0. The number of amides is 1. The fourth-order valence-electron chi connectivity index (χ4n) is 3.46. The number of anilines is 2. The number of hydroxylamine groups is 1. The smallest absolute Gasteiger partial charge is 0.277 e. The minimum Gasteiger partial charge on any atom is -0.394 e. The van der Waals surface area contributed by atoms with E-state index in [1.165, 1.54) is 12.1 Å². The second-order valence-electron chi connectivity index (χ2n) is 7.24. The van der Waals surface area contributed by atoms with Crippen LogP contribution >= 0.6 is 11.3 Å². The third-order valence-electron chi connectivity index (χ3n) is 5.06. The van der Waals surface area contributed by atoms with Crippen LogP contribution in [-0.2, 0) is 11.4 Å². The monoisotopic (exact) mass is 466 g/mol. The average Bonchev–Trinajstić information content (AvgIpc) is 3.45. The van der Waals surface area contributed by atoms with Gasteiger partial charge in [-0.15, -0.1) is 16.9 Å². The van der Waals surface area contributed by atoms with Gasteiger partial charge in [0.1, 0.15) is 5.82 Å². The Labute approximate surface area is 191 Å². The molecule has 0 radical (unpaired) electrons. The number of fused-ring (bicyclic) bond motifs is 2. The molecule has 0 atom stereocenters. The van der Waals surface area contributed by atoms with Crippen molar-refractivity contribution in [1.82, 2.24) is 21.0 Å². The van der Waals surface area contributed by atoms with Crippen LogP contribution in [-0.4, -0.2) is 34.2 Å². The van der Waals surface area contributed by atoms with E-state index in [1.807, 2.05) is 28.7 Å². The Balaban J connectivity index is 1.36. The summed E-state index contributed by atoms with van der Waals surface area (Å²) in [6.07, 6.45) is 0. The highest BCUT2D eigenvalue weighted by Crippen LogP contribution is 2.32. The first kappa shape index (κ1) is 21.2. The predicted octanol–water partition coefficient (Wildman–Crippen LogP) is 3.00. The van der Waals surface area contributed by atoms with Crippen molar-refractivity contribution in [2.75, 3.05) is 23.6 Å². The van der Waals surface area contributed by atoms with Gasteiger partial charge in [0.05, 0.1) is 52.4 Å². The number of carbonyl (C=O) groups is 1. The van der Waals surface area contributed by atoms with Crippen LogP contribution in [0.15, 0.2) is 54.0 Å². The maximum absolute atomic E-state index is 14.6. The fourth-order valence-corrected chi connectivity index (χ4v) is 4.20. The van der Waals surface area contributed by atoms with Gasteiger partial charge in [-0.05, 0) is 42.0 Å². The molecule has 0 saturated carbocycles. The van der Waals surface area contributed by atoms with E-state index in [0.29, 0.717) is 23.6 Å². The number of benzene rings is 2. The zero-order chi connectivity index (χ0) is 22.8. The van der Waals surface area contributed by atoms with Crippen molar-refractivity contribution in [3.05, 3.63) is 71.0 Å². The Morgan fingerprint density at radius 3 is 2.97 bits per heavy atom. The number of rotatable bonds is 7. The molecule has 0 bridgehead atoms. The summed E-state index contributed by atoms with van der Waals surface area (Å²) in [6.45, 7) is 0.221. The lowest BCUT2D eigenvalue weighted by atomic mass is 10.1. The second kappa shape index (κ2) is 9.08. The molecular weight excluding hydrogens is 447 g/mol. The Kier molecular flexibility index (Phi) is 5.84. The summed E-state index contributed by atoms with van der Waals surface area (Å²) in [5.74, 6) is -0.755. The number of hydrogen-bond donors (Lipinski definition) is 4. The Morgan fingerprint density at radius 1 is 1.21 bits per heavy atom. The van der Waals surface area contributed by atoms with Crippen LogP contribution in [0.5, 0.6) is 0 Å². The molecular formula is C22H19FN6O3S. The lowest BCUT2D eigenvalue weighted by Gasteiger charge is -2.17. The summed E-state index contributed by atoms with van der Waals surface area (Å²) in [4.78, 5) is 25.8. The van der Waals surface area contributed by atoms with E-state index >= 15 is 0 Å². The van der Waals surface area contributed by atoms with Gasteiger partial charge in [0.25, 0.3) is 5.91 Å². The standard InChI is InChI=1S/C22H19FN6O3S/c23-16-10-14(2-3-15(16)22(31)27-32-8-7-30)17-5-6-19-21(25-17)29(28-26-19)11-13-1-4-18-20(9-13)33-12-24-18/h1-6,9-10,12,26,28,30H,7-8,11H2,(H,27,31). The van der Waals surface area contributed by atoms with Gasteiger partial charge in [0.2, 0.25) is 0 Å². The summed E-state index contributed by atoms with van der Waals surface area (Å²) in [5.41, 5.74) is 13.9. The molecule has 4 N–H and O–H groups in total. The molecule has 2 aromatic carbocycles. The number of pyridine rings is 1. The maximum atomic E-state index is 14.6. The third-order valence-corrected chi connectivity index (χ3v) is 5.85. The van der Waals surface area contributed by atoms with Crippen LogP contribution < -0.4 is 21.4 Å². The molecule has 0 unspecified atom stereocenters. The van der Waals surface area contributed by atoms with Gasteiger partial charge in [-0.25, -0.2) is 19.8 Å². The molecule has 4 aromatic rings. The van der Waals surface area contributed by atoms with Crippen molar-refractivity contribution in [2.24, 2.45) is 0 Å². The zero-order valence-corrected chi connectivity index (χ0v) is 18.0. The molecule has 5 rings (SSSR count). The number of aliphatic hydroxyl groups excluding tert-OH is 1. The Morgan fingerprint density at radius 2 is 2.12 bits per heavy atom. The number of halogens is 1. The highest BCUT2D eigenvalue weighted by molar-refractivity contribution is 7.16. The van der Waals surface area contributed by atoms with Crippen molar-refractivity contribution >= 4 is 39.0 Å². The third kappa shape index (κ3) is 4.34. The Bertz CT molecular complexity index is 1330. The lowest BCUT2D eigenvalue weighted by Crippen LogP contribution is -2.35. The number of nitrogens with one attached hydrogen (secondary N) is 3. The molecule has 1 amide bonds. The Hall–Kier alpha value is -3.64. The second-order valence-corrected chi connectivity index (χ2v) is 8.13. The normalized spacial score (nSPS) is 12.6. The zero-order valence-electron chi connectivity index (χ0n) is 17.2. The summed E-state index contributed by atoms with van der Waals surface area (Å²) < 4.78 is 15.7. The van der Waals surface area contributed by atoms with E-state index < -0.39 is 11.7 Å². The van der Waals surface area contributed by atoms with Crippen molar-refractivity contribution in [3.63, 3.8) is 0 Å². The number of aliphatic hydroxyl groups is 1. The van der Waals surface area contributed by atoms with Gasteiger partial charge in [-0.1, -0.05) is 12.1 Å². The van der Waals surface area contributed by atoms with Crippen LogP contribution in [0.2, 0.25) is 0 Å². The molecule has 11 heteroatoms. The van der Waals surface area contributed by atoms with Crippen LogP contribution in [0, 0.1) is 5.82 Å². The topological polar surface area (TPSA) is 112 Å². The van der Waals surface area contributed by atoms with E-state index in [9.17, 15) is 9.18 Å². The quantitative estimate of drug-likeness (QED) is 0.243. The van der Waals surface area contributed by atoms with Gasteiger partial charge >= 0.3 is 0 Å². The maximum Gasteiger partial charge on any atom is 0.277 e. The first-order valence-electron chi connectivity index (χ1n) is 10.1. The first-order chi connectivity index (χ1) is 16.1. The summed E-state index contributed by atoms with van der Waals surface area (Å²) in [6, 6.07) is 14.0. The molecule has 2 aromatic heterocycles. The first-order valence-corrected chi connectivity index (χ1v) is 11.0. The van der Waals surface area contributed by atoms with E-state index in [1.54, 1.807) is 23.5 Å². The molecule has 3 heterocycles. The lowest BCUT2D eigenvalue weighted by molar-refractivity contribution is 0.0165. The molecule has 0 fully saturated rings. The van der Waals surface area contributed by atoms with Gasteiger partial charge in [0, 0.05) is 5.56 Å². The SMILES string of the molecule is O=C(NOCCO)c1ccc(-c2ccc3c(n2)N(Cc2ccc4ncsc4c2)NN3)cc1F. The van der Waals surface area contributed by atoms with Crippen molar-refractivity contribution < 1.29 is 19.1 Å². The summed E-state index contributed by atoms with van der Waals surface area (Å²) in [5, 5.41) is 10.6. The van der Waals surface area contributed by atoms with Crippen LogP contribution in [0.25, 0.3) is 21.5 Å². The number of thiazole rings is 1. The number of hydrazine groups is 2. The molecule has 0 spiro atoms. The van der Waals surface area contributed by atoms with E-state index in [2.05, 4.69) is 27.5 Å². The number of aromatic nitrogens is 2. The summed E-state index contributed by atoms with van der Waals surface area (Å²) >= 11 is 1.59. The van der Waals surface area contributed by atoms with Crippen LogP contribution in [0.4, 0.5) is 15.9 Å².